The molecular weight excluding hydrogens is 458 g/mol. The lowest BCUT2D eigenvalue weighted by molar-refractivity contribution is -0.117. The number of aromatic amines is 1. The summed E-state index contributed by atoms with van der Waals surface area (Å²) < 4.78 is 5.22. The van der Waals surface area contributed by atoms with Crippen LogP contribution in [-0.2, 0) is 4.79 Å². The van der Waals surface area contributed by atoms with Gasteiger partial charge in [-0.15, -0.1) is 0 Å². The highest BCUT2D eigenvalue weighted by atomic mass is 35.5. The van der Waals surface area contributed by atoms with Gasteiger partial charge in [0.2, 0.25) is 5.91 Å². The molecule has 2 unspecified atom stereocenters. The average Bonchev–Trinajstić information content (AvgIpc) is 3.34. The van der Waals surface area contributed by atoms with Gasteiger partial charge in [0, 0.05) is 47.5 Å². The largest absolute Gasteiger partial charge is 0.495 e. The molecule has 1 aliphatic heterocycles. The van der Waals surface area contributed by atoms with Crippen molar-refractivity contribution in [2.45, 2.75) is 18.4 Å². The molecule has 3 heterocycles. The van der Waals surface area contributed by atoms with Gasteiger partial charge in [-0.1, -0.05) is 11.6 Å². The van der Waals surface area contributed by atoms with Crippen LogP contribution in [0.5, 0.6) is 5.75 Å². The third kappa shape index (κ3) is 6.24. The minimum atomic E-state index is -0.309. The van der Waals surface area contributed by atoms with Crippen LogP contribution in [0.3, 0.4) is 0 Å². The van der Waals surface area contributed by atoms with Crippen molar-refractivity contribution < 1.29 is 14.3 Å². The zero-order chi connectivity index (χ0) is 23.9. The number of benzene rings is 1. The summed E-state index contributed by atoms with van der Waals surface area (Å²) in [6.07, 6.45) is 3.89. The zero-order valence-corrected chi connectivity index (χ0v) is 19.4. The number of nitrogens with one attached hydrogen (secondary N) is 4. The standard InChI is InChI=1S/C23H26ClN7O3/c1-34-17-6-7-19(25-12-17)18-13-31(14-22(32)29-21-8-10-26-30-21)11-9-20(18)28-23(33)27-16-4-2-15(24)3-5-16/h2-8,10,12,18,20H,9,11,13-14H2,1H3,(H2,27,28,33)(H2,26,29,30,32). The second kappa shape index (κ2) is 11.0. The van der Waals surface area contributed by atoms with E-state index in [1.165, 1.54) is 0 Å². The number of nitrogens with zero attached hydrogens (tertiary/aromatic N) is 3. The number of H-pyrrole nitrogens is 1. The molecule has 0 aliphatic carbocycles. The second-order valence-corrected chi connectivity index (χ2v) is 8.42. The Bertz CT molecular complexity index is 1090. The monoisotopic (exact) mass is 483 g/mol. The van der Waals surface area contributed by atoms with Crippen LogP contribution in [0.15, 0.2) is 54.9 Å². The van der Waals surface area contributed by atoms with E-state index in [4.69, 9.17) is 16.3 Å². The fourth-order valence-electron chi connectivity index (χ4n) is 3.95. The third-order valence-corrected chi connectivity index (χ3v) is 5.88. The number of likely N-dealkylation sites (tertiary alicyclic amines) is 1. The maximum atomic E-state index is 12.7. The van der Waals surface area contributed by atoms with Crippen molar-refractivity contribution in [1.82, 2.24) is 25.4 Å². The molecule has 1 aromatic carbocycles. The molecule has 178 valence electrons. The topological polar surface area (TPSA) is 124 Å². The van der Waals surface area contributed by atoms with Crippen LogP contribution in [0.1, 0.15) is 18.0 Å². The molecular formula is C23H26ClN7O3. The van der Waals surface area contributed by atoms with E-state index in [2.05, 4.69) is 36.0 Å². The van der Waals surface area contributed by atoms with E-state index in [1.807, 2.05) is 12.1 Å². The van der Waals surface area contributed by atoms with Gasteiger partial charge in [0.15, 0.2) is 0 Å². The van der Waals surface area contributed by atoms with Crippen molar-refractivity contribution in [3.05, 3.63) is 65.6 Å². The number of halogens is 1. The lowest BCUT2D eigenvalue weighted by atomic mass is 9.88. The first-order chi connectivity index (χ1) is 16.5. The molecule has 0 saturated carbocycles. The quantitative estimate of drug-likeness (QED) is 0.409. The minimum Gasteiger partial charge on any atom is -0.495 e. The minimum absolute atomic E-state index is 0.115. The van der Waals surface area contributed by atoms with Crippen LogP contribution in [-0.4, -0.2) is 64.8 Å². The first-order valence-corrected chi connectivity index (χ1v) is 11.2. The summed E-state index contributed by atoms with van der Waals surface area (Å²) in [5.41, 5.74) is 1.46. The number of hydrogen-bond acceptors (Lipinski definition) is 6. The first kappa shape index (κ1) is 23.5. The van der Waals surface area contributed by atoms with Crippen molar-refractivity contribution in [3.8, 4) is 5.75 Å². The van der Waals surface area contributed by atoms with Crippen molar-refractivity contribution >= 4 is 35.0 Å². The molecule has 1 saturated heterocycles. The van der Waals surface area contributed by atoms with Gasteiger partial charge < -0.3 is 20.7 Å². The number of carbonyl (C=O) groups excluding carboxylic acids is 2. The summed E-state index contributed by atoms with van der Waals surface area (Å²) in [6, 6.07) is 11.9. The molecule has 1 fully saturated rings. The number of amides is 3. The highest BCUT2D eigenvalue weighted by Gasteiger charge is 2.33. The zero-order valence-electron chi connectivity index (χ0n) is 18.6. The fourth-order valence-corrected chi connectivity index (χ4v) is 4.08. The van der Waals surface area contributed by atoms with Gasteiger partial charge in [0.05, 0.1) is 26.0 Å². The molecule has 2 atom stereocenters. The number of urea groups is 1. The Morgan fingerprint density at radius 2 is 2.00 bits per heavy atom. The number of ether oxygens (including phenoxy) is 1. The normalized spacial score (nSPS) is 18.2. The Morgan fingerprint density at radius 1 is 1.18 bits per heavy atom. The Labute approximate surface area is 202 Å². The predicted molar refractivity (Wildman–Crippen MR) is 129 cm³/mol. The molecule has 11 heteroatoms. The van der Waals surface area contributed by atoms with E-state index in [0.29, 0.717) is 41.8 Å². The van der Waals surface area contributed by atoms with Gasteiger partial charge in [0.1, 0.15) is 11.6 Å². The van der Waals surface area contributed by atoms with E-state index in [-0.39, 0.29) is 30.4 Å². The number of carbonyl (C=O) groups is 2. The number of pyridine rings is 1. The summed E-state index contributed by atoms with van der Waals surface area (Å²) in [7, 11) is 1.59. The molecule has 0 radical (unpaired) electrons. The molecule has 1 aliphatic rings. The molecule has 34 heavy (non-hydrogen) atoms. The molecule has 0 bridgehead atoms. The lowest BCUT2D eigenvalue weighted by Crippen LogP contribution is -2.52. The second-order valence-electron chi connectivity index (χ2n) is 7.98. The van der Waals surface area contributed by atoms with E-state index in [1.54, 1.807) is 49.8 Å². The average molecular weight is 484 g/mol. The number of hydrogen-bond donors (Lipinski definition) is 4. The van der Waals surface area contributed by atoms with Crippen molar-refractivity contribution in [2.75, 3.05) is 37.4 Å². The Morgan fingerprint density at radius 3 is 2.68 bits per heavy atom. The number of rotatable bonds is 7. The lowest BCUT2D eigenvalue weighted by Gasteiger charge is -2.38. The van der Waals surface area contributed by atoms with E-state index >= 15 is 0 Å². The van der Waals surface area contributed by atoms with Gasteiger partial charge in [-0.2, -0.15) is 5.10 Å². The van der Waals surface area contributed by atoms with Gasteiger partial charge in [-0.25, -0.2) is 4.79 Å². The summed E-state index contributed by atoms with van der Waals surface area (Å²) >= 11 is 5.92. The van der Waals surface area contributed by atoms with Crippen LogP contribution in [0.4, 0.5) is 16.3 Å². The Kier molecular flexibility index (Phi) is 7.61. The highest BCUT2D eigenvalue weighted by Crippen LogP contribution is 2.27. The number of anilines is 2. The van der Waals surface area contributed by atoms with Gasteiger partial charge in [-0.05, 0) is 42.8 Å². The van der Waals surface area contributed by atoms with Crippen LogP contribution in [0.25, 0.3) is 0 Å². The number of aromatic nitrogens is 3. The van der Waals surface area contributed by atoms with Gasteiger partial charge in [-0.3, -0.25) is 19.8 Å². The molecule has 3 amide bonds. The molecule has 4 N–H and O–H groups in total. The fraction of sp³-hybridized carbons (Fsp3) is 0.304. The molecule has 2 aromatic heterocycles. The summed E-state index contributed by atoms with van der Waals surface area (Å²) in [5.74, 6) is 0.947. The van der Waals surface area contributed by atoms with Crippen molar-refractivity contribution in [1.29, 1.82) is 0 Å². The van der Waals surface area contributed by atoms with Crippen LogP contribution in [0, 0.1) is 0 Å². The van der Waals surface area contributed by atoms with Crippen LogP contribution >= 0.6 is 11.6 Å². The Balaban J connectivity index is 1.43. The maximum Gasteiger partial charge on any atom is 0.319 e. The predicted octanol–water partition coefficient (Wildman–Crippen LogP) is 3.09. The van der Waals surface area contributed by atoms with E-state index in [0.717, 1.165) is 5.69 Å². The van der Waals surface area contributed by atoms with E-state index in [9.17, 15) is 9.59 Å². The SMILES string of the molecule is COc1ccc(C2CN(CC(=O)Nc3ccn[nH]3)CCC2NC(=O)Nc2ccc(Cl)cc2)nc1. The molecule has 3 aromatic rings. The third-order valence-electron chi connectivity index (χ3n) is 5.63. The van der Waals surface area contributed by atoms with E-state index < -0.39 is 0 Å². The number of piperidine rings is 1. The maximum absolute atomic E-state index is 12.7. The summed E-state index contributed by atoms with van der Waals surface area (Å²) in [6.45, 7) is 1.42. The molecule has 0 spiro atoms. The first-order valence-electron chi connectivity index (χ1n) is 10.8. The number of methoxy groups -OCH3 is 1. The highest BCUT2D eigenvalue weighted by molar-refractivity contribution is 6.30. The van der Waals surface area contributed by atoms with Crippen molar-refractivity contribution in [3.63, 3.8) is 0 Å². The van der Waals surface area contributed by atoms with Crippen molar-refractivity contribution in [2.24, 2.45) is 0 Å². The van der Waals surface area contributed by atoms with Crippen LogP contribution < -0.4 is 20.7 Å². The molecule has 10 nitrogen and oxygen atoms in total. The van der Waals surface area contributed by atoms with Crippen LogP contribution in [0.2, 0.25) is 5.02 Å². The smallest absolute Gasteiger partial charge is 0.319 e. The van der Waals surface area contributed by atoms with Gasteiger partial charge >= 0.3 is 6.03 Å². The summed E-state index contributed by atoms with van der Waals surface area (Å²) in [5, 5.41) is 15.9. The summed E-state index contributed by atoms with van der Waals surface area (Å²) in [4.78, 5) is 31.8. The van der Waals surface area contributed by atoms with Gasteiger partial charge in [0.25, 0.3) is 0 Å². The molecule has 4 rings (SSSR count). The Hall–Kier alpha value is -3.63.